The van der Waals surface area contributed by atoms with Gasteiger partial charge in [0.05, 0.1) is 6.04 Å². The predicted molar refractivity (Wildman–Crippen MR) is 64.2 cm³/mol. The molecule has 0 aromatic rings. The van der Waals surface area contributed by atoms with Crippen LogP contribution >= 0.6 is 0 Å². The number of ether oxygens (including phenoxy) is 1. The summed E-state index contributed by atoms with van der Waals surface area (Å²) in [6, 6.07) is 0.217. The van der Waals surface area contributed by atoms with Gasteiger partial charge in [0.2, 0.25) is 0 Å². The molecule has 1 rings (SSSR count). The van der Waals surface area contributed by atoms with Gasteiger partial charge in [0, 0.05) is 12.6 Å². The third kappa shape index (κ3) is 3.37. The van der Waals surface area contributed by atoms with Gasteiger partial charge >= 0.3 is 6.09 Å². The van der Waals surface area contributed by atoms with Crippen LogP contribution in [0.4, 0.5) is 4.79 Å². The zero-order valence-corrected chi connectivity index (χ0v) is 10.8. The van der Waals surface area contributed by atoms with Crippen molar-refractivity contribution < 1.29 is 9.53 Å². The summed E-state index contributed by atoms with van der Waals surface area (Å²) in [5, 5.41) is 0. The standard InChI is InChI=1S/C12H24N2O2/c1-5-9(13)10-7-6-8-14(10)11(15)16-12(2,3)4/h9-10H,5-8,13H2,1-4H3/t9-,10+/m0/s1. The molecule has 0 radical (unpaired) electrons. The number of nitrogens with zero attached hydrogens (tertiary/aromatic N) is 1. The van der Waals surface area contributed by atoms with E-state index in [2.05, 4.69) is 6.92 Å². The second kappa shape index (κ2) is 5.04. The van der Waals surface area contributed by atoms with Crippen LogP contribution in [0.5, 0.6) is 0 Å². The third-order valence-corrected chi connectivity index (χ3v) is 2.89. The highest BCUT2D eigenvalue weighted by atomic mass is 16.6. The number of likely N-dealkylation sites (tertiary alicyclic amines) is 1. The summed E-state index contributed by atoms with van der Waals surface area (Å²) in [7, 11) is 0. The first kappa shape index (κ1) is 13.3. The van der Waals surface area contributed by atoms with Gasteiger partial charge in [-0.1, -0.05) is 6.92 Å². The number of carbonyl (C=O) groups excluding carboxylic acids is 1. The molecular formula is C12H24N2O2. The number of carbonyl (C=O) groups is 1. The van der Waals surface area contributed by atoms with Crippen LogP contribution in [0.25, 0.3) is 0 Å². The minimum Gasteiger partial charge on any atom is -0.444 e. The maximum Gasteiger partial charge on any atom is 0.410 e. The van der Waals surface area contributed by atoms with Gasteiger partial charge < -0.3 is 15.4 Å². The van der Waals surface area contributed by atoms with Crippen molar-refractivity contribution in [2.75, 3.05) is 6.54 Å². The van der Waals surface area contributed by atoms with Gasteiger partial charge in [-0.25, -0.2) is 4.79 Å². The maximum absolute atomic E-state index is 11.9. The molecule has 0 bridgehead atoms. The van der Waals surface area contributed by atoms with Gasteiger partial charge in [0.1, 0.15) is 5.60 Å². The molecule has 0 saturated carbocycles. The topological polar surface area (TPSA) is 55.6 Å². The summed E-state index contributed by atoms with van der Waals surface area (Å²) in [5.41, 5.74) is 5.59. The zero-order valence-electron chi connectivity index (χ0n) is 10.8. The molecule has 2 N–H and O–H groups in total. The molecule has 1 aliphatic rings. The first-order chi connectivity index (χ1) is 7.35. The molecule has 94 valence electrons. The van der Waals surface area contributed by atoms with E-state index in [4.69, 9.17) is 10.5 Å². The number of hydrogen-bond donors (Lipinski definition) is 1. The number of nitrogens with two attached hydrogens (primary N) is 1. The monoisotopic (exact) mass is 228 g/mol. The second-order valence-electron chi connectivity index (χ2n) is 5.46. The Hall–Kier alpha value is -0.770. The molecule has 0 aliphatic carbocycles. The van der Waals surface area contributed by atoms with Gasteiger partial charge in [0.25, 0.3) is 0 Å². The second-order valence-corrected chi connectivity index (χ2v) is 5.46. The Morgan fingerprint density at radius 2 is 2.19 bits per heavy atom. The highest BCUT2D eigenvalue weighted by molar-refractivity contribution is 5.69. The van der Waals surface area contributed by atoms with E-state index < -0.39 is 5.60 Å². The Morgan fingerprint density at radius 3 is 2.69 bits per heavy atom. The summed E-state index contributed by atoms with van der Waals surface area (Å²) < 4.78 is 5.38. The maximum atomic E-state index is 11.9. The molecule has 2 atom stereocenters. The number of amides is 1. The summed E-state index contributed by atoms with van der Waals surface area (Å²) in [5.74, 6) is 0. The van der Waals surface area contributed by atoms with Crippen LogP contribution in [0.15, 0.2) is 0 Å². The van der Waals surface area contributed by atoms with E-state index in [1.54, 1.807) is 4.90 Å². The summed E-state index contributed by atoms with van der Waals surface area (Å²) >= 11 is 0. The molecule has 1 saturated heterocycles. The van der Waals surface area contributed by atoms with Crippen molar-refractivity contribution in [1.82, 2.24) is 4.90 Å². The van der Waals surface area contributed by atoms with Gasteiger partial charge in [-0.3, -0.25) is 0 Å². The number of rotatable bonds is 2. The summed E-state index contributed by atoms with van der Waals surface area (Å²) in [4.78, 5) is 13.7. The highest BCUT2D eigenvalue weighted by Gasteiger charge is 2.34. The van der Waals surface area contributed by atoms with E-state index in [1.165, 1.54) is 0 Å². The lowest BCUT2D eigenvalue weighted by atomic mass is 10.0. The van der Waals surface area contributed by atoms with Crippen LogP contribution < -0.4 is 5.73 Å². The predicted octanol–water partition coefficient (Wildman–Crippen LogP) is 2.12. The lowest BCUT2D eigenvalue weighted by molar-refractivity contribution is 0.0206. The molecule has 16 heavy (non-hydrogen) atoms. The average molecular weight is 228 g/mol. The fourth-order valence-corrected chi connectivity index (χ4v) is 2.06. The largest absolute Gasteiger partial charge is 0.444 e. The van der Waals surface area contributed by atoms with E-state index in [9.17, 15) is 4.79 Å². The first-order valence-electron chi connectivity index (χ1n) is 6.10. The molecule has 4 nitrogen and oxygen atoms in total. The number of hydrogen-bond acceptors (Lipinski definition) is 3. The molecule has 1 amide bonds. The van der Waals surface area contributed by atoms with E-state index >= 15 is 0 Å². The van der Waals surface area contributed by atoms with Crippen LogP contribution in [0, 0.1) is 0 Å². The average Bonchev–Trinajstić information content (AvgIpc) is 2.62. The van der Waals surface area contributed by atoms with Crippen molar-refractivity contribution in [3.63, 3.8) is 0 Å². The SMILES string of the molecule is CC[C@H](N)[C@H]1CCCN1C(=O)OC(C)(C)C. The Balaban J connectivity index is 2.61. The lowest BCUT2D eigenvalue weighted by Crippen LogP contribution is -2.48. The van der Waals surface area contributed by atoms with E-state index in [1.807, 2.05) is 20.8 Å². The zero-order chi connectivity index (χ0) is 12.3. The summed E-state index contributed by atoms with van der Waals surface area (Å²) in [6.45, 7) is 8.48. The van der Waals surface area contributed by atoms with Crippen LogP contribution in [-0.2, 0) is 4.74 Å². The van der Waals surface area contributed by atoms with Crippen LogP contribution in [0.1, 0.15) is 47.0 Å². The van der Waals surface area contributed by atoms with Gasteiger partial charge in [-0.15, -0.1) is 0 Å². The normalized spacial score (nSPS) is 23.3. The highest BCUT2D eigenvalue weighted by Crippen LogP contribution is 2.23. The Labute approximate surface area is 98.1 Å². The van der Waals surface area contributed by atoms with Crippen molar-refractivity contribution >= 4 is 6.09 Å². The van der Waals surface area contributed by atoms with Crippen molar-refractivity contribution in [1.29, 1.82) is 0 Å². The molecule has 1 heterocycles. The van der Waals surface area contributed by atoms with E-state index in [0.29, 0.717) is 0 Å². The van der Waals surface area contributed by atoms with Crippen molar-refractivity contribution in [3.8, 4) is 0 Å². The molecule has 0 unspecified atom stereocenters. The quantitative estimate of drug-likeness (QED) is 0.787. The first-order valence-corrected chi connectivity index (χ1v) is 6.10. The molecule has 0 spiro atoms. The van der Waals surface area contributed by atoms with E-state index in [0.717, 1.165) is 25.8 Å². The van der Waals surface area contributed by atoms with Crippen molar-refractivity contribution in [2.24, 2.45) is 5.73 Å². The minimum absolute atomic E-state index is 0.0648. The van der Waals surface area contributed by atoms with Crippen LogP contribution in [0.3, 0.4) is 0 Å². The Kier molecular flexibility index (Phi) is 4.19. The molecule has 4 heteroatoms. The van der Waals surface area contributed by atoms with Crippen molar-refractivity contribution in [3.05, 3.63) is 0 Å². The van der Waals surface area contributed by atoms with Gasteiger partial charge in [0.15, 0.2) is 0 Å². The molecule has 0 aromatic heterocycles. The van der Waals surface area contributed by atoms with Crippen LogP contribution in [0.2, 0.25) is 0 Å². The third-order valence-electron chi connectivity index (χ3n) is 2.89. The molecule has 1 fully saturated rings. The minimum atomic E-state index is -0.430. The molecule has 0 aromatic carbocycles. The Bertz CT molecular complexity index is 248. The molecular weight excluding hydrogens is 204 g/mol. The van der Waals surface area contributed by atoms with Crippen molar-refractivity contribution in [2.45, 2.75) is 64.6 Å². The van der Waals surface area contributed by atoms with Gasteiger partial charge in [-0.2, -0.15) is 0 Å². The smallest absolute Gasteiger partial charge is 0.410 e. The van der Waals surface area contributed by atoms with Gasteiger partial charge in [-0.05, 0) is 40.0 Å². The van der Waals surface area contributed by atoms with E-state index in [-0.39, 0.29) is 18.2 Å². The molecule has 1 aliphatic heterocycles. The fraction of sp³-hybridized carbons (Fsp3) is 0.917. The lowest BCUT2D eigenvalue weighted by Gasteiger charge is -2.31. The summed E-state index contributed by atoms with van der Waals surface area (Å²) in [6.07, 6.45) is 2.69. The fourth-order valence-electron chi connectivity index (χ4n) is 2.06. The van der Waals surface area contributed by atoms with Crippen LogP contribution in [-0.4, -0.2) is 35.2 Å². The Morgan fingerprint density at radius 1 is 1.56 bits per heavy atom.